The molecule has 1 N–H and O–H groups in total. The van der Waals surface area contributed by atoms with E-state index >= 15 is 0 Å². The Hall–Kier alpha value is -2.63. The molecule has 0 bridgehead atoms. The van der Waals surface area contributed by atoms with Gasteiger partial charge in [-0.25, -0.2) is 4.68 Å². The van der Waals surface area contributed by atoms with Gasteiger partial charge in [0.05, 0.1) is 29.1 Å². The van der Waals surface area contributed by atoms with Crippen LogP contribution >= 0.6 is 0 Å². The Kier molecular flexibility index (Phi) is 4.26. The largest absolute Gasteiger partial charge is 0.481 e. The molecule has 2 aromatic rings. The zero-order valence-corrected chi connectivity index (χ0v) is 14.8. The average molecular weight is 353 g/mol. The first kappa shape index (κ1) is 16.8. The third-order valence-electron chi connectivity index (χ3n) is 5.51. The van der Waals surface area contributed by atoms with Crippen LogP contribution in [0.15, 0.2) is 36.5 Å². The van der Waals surface area contributed by atoms with Crippen LogP contribution in [0.4, 0.5) is 0 Å². The fourth-order valence-corrected chi connectivity index (χ4v) is 3.91. The van der Waals surface area contributed by atoms with Crippen molar-refractivity contribution in [1.82, 2.24) is 14.7 Å². The molecule has 136 valence electrons. The van der Waals surface area contributed by atoms with E-state index in [4.69, 9.17) is 0 Å². The van der Waals surface area contributed by atoms with Crippen molar-refractivity contribution >= 4 is 11.9 Å². The number of carbonyl (C=O) groups excluding carboxylic acids is 1. The van der Waals surface area contributed by atoms with E-state index in [0.29, 0.717) is 31.0 Å². The summed E-state index contributed by atoms with van der Waals surface area (Å²) in [4.78, 5) is 26.2. The highest BCUT2D eigenvalue weighted by Gasteiger charge is 2.37. The Bertz CT molecular complexity index is 826. The molecular weight excluding hydrogens is 330 g/mol. The predicted molar refractivity (Wildman–Crippen MR) is 96.3 cm³/mol. The lowest BCUT2D eigenvalue weighted by molar-refractivity contribution is -0.145. The highest BCUT2D eigenvalue weighted by Crippen LogP contribution is 2.43. The Morgan fingerprint density at radius 2 is 1.88 bits per heavy atom. The minimum Gasteiger partial charge on any atom is -0.481 e. The molecule has 26 heavy (non-hydrogen) atoms. The summed E-state index contributed by atoms with van der Waals surface area (Å²) in [6.07, 6.45) is 4.34. The highest BCUT2D eigenvalue weighted by atomic mass is 16.4. The lowest BCUT2D eigenvalue weighted by atomic mass is 9.87. The number of carboxylic acid groups (broad SMARTS) is 1. The van der Waals surface area contributed by atoms with E-state index in [1.54, 1.807) is 11.1 Å². The molecule has 1 saturated heterocycles. The second-order valence-corrected chi connectivity index (χ2v) is 7.43. The third kappa shape index (κ3) is 3.00. The summed E-state index contributed by atoms with van der Waals surface area (Å²) in [7, 11) is 0. The van der Waals surface area contributed by atoms with Crippen molar-refractivity contribution in [1.29, 1.82) is 0 Å². The summed E-state index contributed by atoms with van der Waals surface area (Å²) in [6.45, 7) is 2.88. The van der Waals surface area contributed by atoms with Gasteiger partial charge in [-0.05, 0) is 37.3 Å². The van der Waals surface area contributed by atoms with Gasteiger partial charge in [0.25, 0.3) is 5.91 Å². The molecular formula is C20H23N3O3. The summed E-state index contributed by atoms with van der Waals surface area (Å²) >= 11 is 0. The number of rotatable bonds is 4. The molecule has 2 atom stereocenters. The Morgan fingerprint density at radius 3 is 2.50 bits per heavy atom. The smallest absolute Gasteiger partial charge is 0.306 e. The molecule has 1 aliphatic heterocycles. The van der Waals surface area contributed by atoms with Crippen LogP contribution in [0.1, 0.15) is 48.2 Å². The minimum absolute atomic E-state index is 0.0234. The molecule has 1 saturated carbocycles. The van der Waals surface area contributed by atoms with Crippen LogP contribution in [-0.4, -0.2) is 44.8 Å². The van der Waals surface area contributed by atoms with Gasteiger partial charge in [-0.1, -0.05) is 25.1 Å². The van der Waals surface area contributed by atoms with Crippen LogP contribution < -0.4 is 0 Å². The van der Waals surface area contributed by atoms with E-state index in [9.17, 15) is 14.7 Å². The van der Waals surface area contributed by atoms with Gasteiger partial charge >= 0.3 is 5.97 Å². The van der Waals surface area contributed by atoms with Crippen LogP contribution in [0.3, 0.4) is 0 Å². The molecule has 1 aromatic carbocycles. The summed E-state index contributed by atoms with van der Waals surface area (Å²) < 4.78 is 1.89. The van der Waals surface area contributed by atoms with Gasteiger partial charge in [-0.15, -0.1) is 0 Å². The number of amides is 1. The van der Waals surface area contributed by atoms with Crippen LogP contribution in [0, 0.1) is 11.8 Å². The van der Waals surface area contributed by atoms with Gasteiger partial charge in [0.2, 0.25) is 0 Å². The molecule has 6 nitrogen and oxygen atoms in total. The van der Waals surface area contributed by atoms with E-state index < -0.39 is 5.97 Å². The first-order chi connectivity index (χ1) is 12.6. The fourth-order valence-electron chi connectivity index (χ4n) is 3.91. The first-order valence-corrected chi connectivity index (χ1v) is 9.21. The van der Waals surface area contributed by atoms with Crippen molar-refractivity contribution in [2.45, 2.75) is 32.1 Å². The summed E-state index contributed by atoms with van der Waals surface area (Å²) in [5, 5.41) is 13.8. The number of carboxylic acids is 1. The van der Waals surface area contributed by atoms with Crippen molar-refractivity contribution < 1.29 is 14.7 Å². The summed E-state index contributed by atoms with van der Waals surface area (Å²) in [5.41, 5.74) is 2.62. The van der Waals surface area contributed by atoms with Gasteiger partial charge in [-0.3, -0.25) is 9.59 Å². The topological polar surface area (TPSA) is 75.4 Å². The number of hydrogen-bond donors (Lipinski definition) is 1. The fraction of sp³-hybridized carbons (Fsp3) is 0.450. The van der Waals surface area contributed by atoms with Crippen molar-refractivity contribution in [2.24, 2.45) is 11.8 Å². The standard InChI is InChI=1S/C20H23N3O3/c1-13-12-22(10-9-16(13)20(25)26)19(24)17-11-21-23(18(17)14-7-8-14)15-5-3-2-4-6-15/h2-6,11,13-14,16H,7-10,12H2,1H3,(H,25,26). The number of benzene rings is 1. The number of para-hydroxylation sites is 1. The average Bonchev–Trinajstić information content (AvgIpc) is 3.39. The molecule has 2 heterocycles. The molecule has 4 rings (SSSR count). The molecule has 2 fully saturated rings. The van der Waals surface area contributed by atoms with Gasteiger partial charge in [-0.2, -0.15) is 5.10 Å². The third-order valence-corrected chi connectivity index (χ3v) is 5.51. The number of aliphatic carboxylic acids is 1. The molecule has 1 aromatic heterocycles. The van der Waals surface area contributed by atoms with E-state index in [2.05, 4.69) is 5.10 Å². The molecule has 1 amide bonds. The maximum absolute atomic E-state index is 13.1. The summed E-state index contributed by atoms with van der Waals surface area (Å²) in [6, 6.07) is 9.88. The zero-order valence-electron chi connectivity index (χ0n) is 14.8. The van der Waals surface area contributed by atoms with Gasteiger partial charge in [0.15, 0.2) is 0 Å². The van der Waals surface area contributed by atoms with Crippen molar-refractivity contribution in [3.63, 3.8) is 0 Å². The number of aromatic nitrogens is 2. The lowest BCUT2D eigenvalue weighted by Crippen LogP contribution is -2.45. The van der Waals surface area contributed by atoms with Crippen molar-refractivity contribution in [2.75, 3.05) is 13.1 Å². The van der Waals surface area contributed by atoms with E-state index in [1.165, 1.54) is 0 Å². The van der Waals surface area contributed by atoms with Crippen LogP contribution in [-0.2, 0) is 4.79 Å². The normalized spacial score (nSPS) is 23.0. The van der Waals surface area contributed by atoms with Crippen LogP contribution in [0.25, 0.3) is 5.69 Å². The molecule has 2 unspecified atom stereocenters. The minimum atomic E-state index is -0.764. The van der Waals surface area contributed by atoms with Gasteiger partial charge in [0.1, 0.15) is 0 Å². The quantitative estimate of drug-likeness (QED) is 0.917. The van der Waals surface area contributed by atoms with Gasteiger partial charge in [0, 0.05) is 19.0 Å². The predicted octanol–water partition coefficient (Wildman–Crippen LogP) is 2.93. The second-order valence-electron chi connectivity index (χ2n) is 7.43. The molecule has 6 heteroatoms. The number of carbonyl (C=O) groups is 2. The zero-order chi connectivity index (χ0) is 18.3. The second kappa shape index (κ2) is 6.59. The Morgan fingerprint density at radius 1 is 1.15 bits per heavy atom. The van der Waals surface area contributed by atoms with Gasteiger partial charge < -0.3 is 10.0 Å². The Balaban J connectivity index is 1.61. The van der Waals surface area contributed by atoms with Crippen LogP contribution in [0.2, 0.25) is 0 Å². The molecule has 1 aliphatic carbocycles. The number of likely N-dealkylation sites (tertiary alicyclic amines) is 1. The highest BCUT2D eigenvalue weighted by molar-refractivity contribution is 5.95. The summed E-state index contributed by atoms with van der Waals surface area (Å²) in [5.74, 6) is -0.816. The van der Waals surface area contributed by atoms with E-state index in [0.717, 1.165) is 24.2 Å². The van der Waals surface area contributed by atoms with E-state index in [1.807, 2.05) is 41.9 Å². The maximum atomic E-state index is 13.1. The van der Waals surface area contributed by atoms with Crippen molar-refractivity contribution in [3.05, 3.63) is 47.8 Å². The molecule has 0 radical (unpaired) electrons. The number of nitrogens with zero attached hydrogens (tertiary/aromatic N) is 3. The van der Waals surface area contributed by atoms with Crippen LogP contribution in [0.5, 0.6) is 0 Å². The first-order valence-electron chi connectivity index (χ1n) is 9.21. The Labute approximate surface area is 152 Å². The lowest BCUT2D eigenvalue weighted by Gasteiger charge is -2.35. The number of hydrogen-bond acceptors (Lipinski definition) is 3. The molecule has 2 aliphatic rings. The monoisotopic (exact) mass is 353 g/mol. The molecule has 0 spiro atoms. The van der Waals surface area contributed by atoms with E-state index in [-0.39, 0.29) is 17.7 Å². The number of piperidine rings is 1. The SMILES string of the molecule is CC1CN(C(=O)c2cnn(-c3ccccc3)c2C2CC2)CCC1C(=O)O. The maximum Gasteiger partial charge on any atom is 0.306 e. The van der Waals surface area contributed by atoms with Crippen molar-refractivity contribution in [3.8, 4) is 5.69 Å².